The van der Waals surface area contributed by atoms with Gasteiger partial charge in [0.15, 0.2) is 0 Å². The fourth-order valence-electron chi connectivity index (χ4n) is 1.21. The van der Waals surface area contributed by atoms with Crippen LogP contribution in [-0.2, 0) is 14.8 Å². The van der Waals surface area contributed by atoms with Crippen LogP contribution in [0.3, 0.4) is 0 Å². The van der Waals surface area contributed by atoms with Crippen LogP contribution in [-0.4, -0.2) is 33.9 Å². The third-order valence-corrected chi connectivity index (χ3v) is 2.78. The third-order valence-electron chi connectivity index (χ3n) is 2.01. The smallest absolute Gasteiger partial charge is 0.411 e. The molecule has 0 saturated carbocycles. The lowest BCUT2D eigenvalue weighted by Gasteiger charge is -2.08. The van der Waals surface area contributed by atoms with Gasteiger partial charge in [-0.2, -0.15) is 0 Å². The van der Waals surface area contributed by atoms with Gasteiger partial charge in [-0.1, -0.05) is 6.07 Å². The quantitative estimate of drug-likeness (QED) is 0.726. The van der Waals surface area contributed by atoms with E-state index < -0.39 is 16.1 Å². The van der Waals surface area contributed by atoms with Crippen LogP contribution in [0.1, 0.15) is 0 Å². The van der Waals surface area contributed by atoms with Crippen molar-refractivity contribution in [3.63, 3.8) is 0 Å². The van der Waals surface area contributed by atoms with Gasteiger partial charge in [-0.05, 0) is 18.2 Å². The molecule has 0 unspecified atom stereocenters. The minimum absolute atomic E-state index is 0.165. The Kier molecular flexibility index (Phi) is 4.93. The number of carbonyl (C=O) groups is 1. The lowest BCUT2D eigenvalue weighted by Crippen LogP contribution is -2.22. The summed E-state index contributed by atoms with van der Waals surface area (Å²) in [5.41, 5.74) is 1.22. The number of amides is 1. The number of rotatable bonds is 5. The molecule has 0 atom stereocenters. The normalized spacial score (nSPS) is 10.8. The number of nitrogens with two attached hydrogens (primary N) is 1. The molecule has 18 heavy (non-hydrogen) atoms. The van der Waals surface area contributed by atoms with Crippen molar-refractivity contribution in [2.24, 2.45) is 5.14 Å². The predicted molar refractivity (Wildman–Crippen MR) is 68.9 cm³/mol. The number of sulfonamides is 1. The van der Waals surface area contributed by atoms with E-state index in [1.807, 2.05) is 0 Å². The number of primary sulfonamides is 1. The Hall–Kier alpha value is -1.80. The Bertz CT molecular complexity index is 516. The Morgan fingerprint density at radius 2 is 2.06 bits per heavy atom. The van der Waals surface area contributed by atoms with Gasteiger partial charge in [-0.3, -0.25) is 5.32 Å². The highest BCUT2D eigenvalue weighted by molar-refractivity contribution is 7.89. The molecule has 4 N–H and O–H groups in total. The molecule has 1 rings (SSSR count). The molecule has 0 aliphatic carbocycles. The van der Waals surface area contributed by atoms with Crippen molar-refractivity contribution in [3.8, 4) is 0 Å². The van der Waals surface area contributed by atoms with Gasteiger partial charge in [0.25, 0.3) is 0 Å². The van der Waals surface area contributed by atoms with E-state index in [2.05, 4.69) is 15.4 Å². The average molecular weight is 273 g/mol. The molecule has 0 bridgehead atoms. The van der Waals surface area contributed by atoms with E-state index in [1.54, 1.807) is 24.3 Å². The molecule has 0 saturated heterocycles. The van der Waals surface area contributed by atoms with E-state index in [0.717, 1.165) is 0 Å². The van der Waals surface area contributed by atoms with Gasteiger partial charge >= 0.3 is 6.09 Å². The number of hydrogen-bond donors (Lipinski definition) is 3. The van der Waals surface area contributed by atoms with Crippen molar-refractivity contribution in [1.29, 1.82) is 0 Å². The molecule has 0 aromatic heterocycles. The first-order chi connectivity index (χ1) is 8.40. The lowest BCUT2D eigenvalue weighted by atomic mass is 10.3. The summed E-state index contributed by atoms with van der Waals surface area (Å²) in [6, 6.07) is 6.79. The Balaban J connectivity index is 2.57. The maximum Gasteiger partial charge on any atom is 0.411 e. The standard InChI is InChI=1S/C10H15N3O4S/c1-17-10(14)13-9-4-2-3-8(7-9)12-5-6-18(11,15)16/h2-4,7,12H,5-6H2,1H3,(H,13,14)(H2,11,15,16). The Labute approximate surface area is 105 Å². The van der Waals surface area contributed by atoms with Gasteiger partial charge in [0.05, 0.1) is 12.9 Å². The third kappa shape index (κ3) is 5.51. The molecule has 1 amide bonds. The highest BCUT2D eigenvalue weighted by Crippen LogP contribution is 2.14. The molecular formula is C10H15N3O4S. The van der Waals surface area contributed by atoms with E-state index in [-0.39, 0.29) is 12.3 Å². The first-order valence-corrected chi connectivity index (χ1v) is 6.81. The summed E-state index contributed by atoms with van der Waals surface area (Å²) >= 11 is 0. The van der Waals surface area contributed by atoms with Crippen LogP contribution in [0.4, 0.5) is 16.2 Å². The first kappa shape index (κ1) is 14.3. The molecule has 0 spiro atoms. The highest BCUT2D eigenvalue weighted by atomic mass is 32.2. The molecule has 0 aliphatic rings. The number of carbonyl (C=O) groups excluding carboxylic acids is 1. The second-order valence-electron chi connectivity index (χ2n) is 3.49. The number of hydrogen-bond acceptors (Lipinski definition) is 5. The van der Waals surface area contributed by atoms with Gasteiger partial charge < -0.3 is 10.1 Å². The van der Waals surface area contributed by atoms with Crippen LogP contribution in [0.25, 0.3) is 0 Å². The Morgan fingerprint density at radius 1 is 1.39 bits per heavy atom. The zero-order valence-corrected chi connectivity index (χ0v) is 10.7. The summed E-state index contributed by atoms with van der Waals surface area (Å²) < 4.78 is 25.9. The maximum absolute atomic E-state index is 11.0. The predicted octanol–water partition coefficient (Wildman–Crippen LogP) is 0.565. The van der Waals surface area contributed by atoms with Crippen molar-refractivity contribution >= 4 is 27.5 Å². The van der Waals surface area contributed by atoms with Crippen LogP contribution in [0.5, 0.6) is 0 Å². The summed E-state index contributed by atoms with van der Waals surface area (Å²) in [6.45, 7) is 0.195. The summed E-state index contributed by atoms with van der Waals surface area (Å²) in [4.78, 5) is 11.0. The lowest BCUT2D eigenvalue weighted by molar-refractivity contribution is 0.187. The second kappa shape index (κ2) is 6.22. The van der Waals surface area contributed by atoms with Gasteiger partial charge in [0.2, 0.25) is 10.0 Å². The molecule has 1 aromatic carbocycles. The fraction of sp³-hybridized carbons (Fsp3) is 0.300. The molecule has 0 heterocycles. The minimum Gasteiger partial charge on any atom is -0.453 e. The van der Waals surface area contributed by atoms with E-state index in [9.17, 15) is 13.2 Å². The minimum atomic E-state index is -3.48. The van der Waals surface area contributed by atoms with Crippen molar-refractivity contribution in [1.82, 2.24) is 0 Å². The van der Waals surface area contributed by atoms with E-state index in [1.165, 1.54) is 7.11 Å². The van der Waals surface area contributed by atoms with E-state index in [0.29, 0.717) is 11.4 Å². The SMILES string of the molecule is COC(=O)Nc1cccc(NCCS(N)(=O)=O)c1. The number of ether oxygens (including phenoxy) is 1. The molecular weight excluding hydrogens is 258 g/mol. The largest absolute Gasteiger partial charge is 0.453 e. The van der Waals surface area contributed by atoms with Gasteiger partial charge in [0.1, 0.15) is 0 Å². The molecule has 0 aliphatic heterocycles. The zero-order chi connectivity index (χ0) is 13.6. The summed E-state index contributed by atoms with van der Waals surface area (Å²) in [6.07, 6.45) is -0.573. The zero-order valence-electron chi connectivity index (χ0n) is 9.84. The van der Waals surface area contributed by atoms with Gasteiger partial charge in [-0.15, -0.1) is 0 Å². The van der Waals surface area contributed by atoms with E-state index in [4.69, 9.17) is 5.14 Å². The van der Waals surface area contributed by atoms with Gasteiger partial charge in [-0.25, -0.2) is 18.4 Å². The van der Waals surface area contributed by atoms with E-state index >= 15 is 0 Å². The number of anilines is 2. The van der Waals surface area contributed by atoms with Crippen molar-refractivity contribution < 1.29 is 17.9 Å². The van der Waals surface area contributed by atoms with Gasteiger partial charge in [0, 0.05) is 17.9 Å². The molecule has 8 heteroatoms. The van der Waals surface area contributed by atoms with Crippen LogP contribution in [0, 0.1) is 0 Å². The molecule has 0 fully saturated rings. The van der Waals surface area contributed by atoms with Crippen molar-refractivity contribution in [2.45, 2.75) is 0 Å². The monoisotopic (exact) mass is 273 g/mol. The molecule has 100 valence electrons. The van der Waals surface area contributed by atoms with Crippen molar-refractivity contribution in [2.75, 3.05) is 30.0 Å². The van der Waals surface area contributed by atoms with Crippen LogP contribution < -0.4 is 15.8 Å². The molecule has 1 aromatic rings. The summed E-state index contributed by atoms with van der Waals surface area (Å²) in [5.74, 6) is -0.165. The highest BCUT2D eigenvalue weighted by Gasteiger charge is 2.03. The van der Waals surface area contributed by atoms with Crippen LogP contribution >= 0.6 is 0 Å². The molecule has 0 radical (unpaired) electrons. The number of benzene rings is 1. The summed E-state index contributed by atoms with van der Waals surface area (Å²) in [7, 11) is -2.21. The molecule has 7 nitrogen and oxygen atoms in total. The topological polar surface area (TPSA) is 111 Å². The second-order valence-corrected chi connectivity index (χ2v) is 5.23. The van der Waals surface area contributed by atoms with Crippen molar-refractivity contribution in [3.05, 3.63) is 24.3 Å². The maximum atomic E-state index is 11.0. The number of methoxy groups -OCH3 is 1. The van der Waals surface area contributed by atoms with Crippen LogP contribution in [0.2, 0.25) is 0 Å². The first-order valence-electron chi connectivity index (χ1n) is 5.10. The Morgan fingerprint density at radius 3 is 2.67 bits per heavy atom. The number of nitrogens with one attached hydrogen (secondary N) is 2. The average Bonchev–Trinajstić information content (AvgIpc) is 2.27. The van der Waals surface area contributed by atoms with Crippen LogP contribution in [0.15, 0.2) is 24.3 Å². The summed E-state index contributed by atoms with van der Waals surface area (Å²) in [5, 5.41) is 10.2. The fourth-order valence-corrected chi connectivity index (χ4v) is 1.60.